The predicted octanol–water partition coefficient (Wildman–Crippen LogP) is 2.06. The van der Waals surface area contributed by atoms with Crippen molar-refractivity contribution in [2.45, 2.75) is 46.7 Å². The summed E-state index contributed by atoms with van der Waals surface area (Å²) in [5.41, 5.74) is 0.388. The van der Waals surface area contributed by atoms with E-state index >= 15 is 0 Å². The van der Waals surface area contributed by atoms with Crippen LogP contribution in [-0.2, 0) is 0 Å². The van der Waals surface area contributed by atoms with Crippen molar-refractivity contribution in [2.75, 3.05) is 26.7 Å². The maximum atomic E-state index is 2.65. The Balaban J connectivity index is 2.74. The van der Waals surface area contributed by atoms with Crippen molar-refractivity contribution >= 4 is 0 Å². The van der Waals surface area contributed by atoms with Gasteiger partial charge in [-0.3, -0.25) is 4.90 Å². The van der Waals surface area contributed by atoms with Crippen LogP contribution in [0.3, 0.4) is 0 Å². The van der Waals surface area contributed by atoms with Gasteiger partial charge in [-0.15, -0.1) is 0 Å². The Labute approximate surface area is 89.3 Å². The van der Waals surface area contributed by atoms with Gasteiger partial charge in [-0.05, 0) is 26.3 Å². The molecule has 1 heterocycles. The van der Waals surface area contributed by atoms with E-state index in [-0.39, 0.29) is 0 Å². The summed E-state index contributed by atoms with van der Waals surface area (Å²) < 4.78 is 0. The van der Waals surface area contributed by atoms with Gasteiger partial charge in [0, 0.05) is 31.7 Å². The molecule has 0 aromatic carbocycles. The van der Waals surface area contributed by atoms with Crippen LogP contribution in [0.25, 0.3) is 0 Å². The molecule has 0 aliphatic carbocycles. The number of likely N-dealkylation sites (N-methyl/N-ethyl adjacent to an activating group) is 1. The van der Waals surface area contributed by atoms with E-state index in [9.17, 15) is 0 Å². The smallest absolute Gasteiger partial charge is 0.0274 e. The third-order valence-corrected chi connectivity index (χ3v) is 3.29. The number of piperazine rings is 1. The highest BCUT2D eigenvalue weighted by atomic mass is 15.3. The van der Waals surface area contributed by atoms with E-state index in [4.69, 9.17) is 0 Å². The minimum Gasteiger partial charge on any atom is -0.304 e. The number of nitrogens with zero attached hydrogens (tertiary/aromatic N) is 2. The zero-order valence-electron chi connectivity index (χ0n) is 10.7. The first kappa shape index (κ1) is 12.0. The molecule has 0 saturated carbocycles. The first-order valence-corrected chi connectivity index (χ1v) is 5.76. The van der Waals surface area contributed by atoms with Crippen molar-refractivity contribution in [1.82, 2.24) is 9.80 Å². The van der Waals surface area contributed by atoms with E-state index in [0.29, 0.717) is 17.5 Å². The minimum atomic E-state index is 0.388. The Morgan fingerprint density at radius 2 is 1.71 bits per heavy atom. The average molecular weight is 198 g/mol. The molecule has 1 fully saturated rings. The molecule has 1 rings (SSSR count). The molecule has 1 aliphatic heterocycles. The van der Waals surface area contributed by atoms with Gasteiger partial charge in [0.05, 0.1) is 0 Å². The predicted molar refractivity (Wildman–Crippen MR) is 62.6 cm³/mol. The van der Waals surface area contributed by atoms with Crippen LogP contribution in [0, 0.1) is 5.41 Å². The van der Waals surface area contributed by atoms with Crippen molar-refractivity contribution in [3.05, 3.63) is 0 Å². The Hall–Kier alpha value is -0.0800. The van der Waals surface area contributed by atoms with Crippen molar-refractivity contribution in [3.8, 4) is 0 Å². The van der Waals surface area contributed by atoms with E-state index in [1.54, 1.807) is 0 Å². The van der Waals surface area contributed by atoms with Crippen LogP contribution in [0.5, 0.6) is 0 Å². The maximum absolute atomic E-state index is 2.65. The molecule has 0 bridgehead atoms. The van der Waals surface area contributed by atoms with E-state index in [1.165, 1.54) is 19.6 Å². The third kappa shape index (κ3) is 2.71. The topological polar surface area (TPSA) is 6.48 Å². The molecule has 0 amide bonds. The molecule has 0 aromatic heterocycles. The lowest BCUT2D eigenvalue weighted by atomic mass is 9.83. The highest BCUT2D eigenvalue weighted by Crippen LogP contribution is 2.28. The fourth-order valence-electron chi connectivity index (χ4n) is 2.32. The summed E-state index contributed by atoms with van der Waals surface area (Å²) in [4.78, 5) is 5.11. The molecular weight excluding hydrogens is 172 g/mol. The summed E-state index contributed by atoms with van der Waals surface area (Å²) in [7, 11) is 2.23. The highest BCUT2D eigenvalue weighted by Gasteiger charge is 2.35. The Kier molecular flexibility index (Phi) is 3.59. The van der Waals surface area contributed by atoms with Gasteiger partial charge in [0.1, 0.15) is 0 Å². The molecule has 0 N–H and O–H groups in total. The Bertz CT molecular complexity index is 181. The highest BCUT2D eigenvalue weighted by molar-refractivity contribution is 4.90. The van der Waals surface area contributed by atoms with Crippen LogP contribution < -0.4 is 0 Å². The van der Waals surface area contributed by atoms with Crippen LogP contribution in [0.15, 0.2) is 0 Å². The SMILES string of the molecule is CC(C)N1CCN(C)C[C@@H]1C(C)(C)C. The molecule has 1 aliphatic rings. The van der Waals surface area contributed by atoms with E-state index in [1.807, 2.05) is 0 Å². The molecular formula is C12H26N2. The number of rotatable bonds is 1. The summed E-state index contributed by atoms with van der Waals surface area (Å²) >= 11 is 0. The lowest BCUT2D eigenvalue weighted by Gasteiger charge is -2.48. The summed E-state index contributed by atoms with van der Waals surface area (Å²) in [6, 6.07) is 1.37. The van der Waals surface area contributed by atoms with Gasteiger partial charge in [0.15, 0.2) is 0 Å². The molecule has 1 saturated heterocycles. The second-order valence-corrected chi connectivity index (χ2v) is 5.98. The average Bonchev–Trinajstić information content (AvgIpc) is 2.01. The van der Waals surface area contributed by atoms with Crippen molar-refractivity contribution in [2.24, 2.45) is 5.41 Å². The summed E-state index contributed by atoms with van der Waals surface area (Å²) in [5, 5.41) is 0. The van der Waals surface area contributed by atoms with Gasteiger partial charge >= 0.3 is 0 Å². The van der Waals surface area contributed by atoms with Crippen LogP contribution >= 0.6 is 0 Å². The first-order valence-electron chi connectivity index (χ1n) is 5.76. The largest absolute Gasteiger partial charge is 0.304 e. The normalized spacial score (nSPS) is 27.2. The molecule has 0 spiro atoms. The first-order chi connectivity index (χ1) is 6.32. The standard InChI is InChI=1S/C12H26N2/c1-10(2)14-8-7-13(6)9-11(14)12(3,4)5/h10-11H,7-9H2,1-6H3/t11-/m1/s1. The van der Waals surface area contributed by atoms with Crippen LogP contribution in [-0.4, -0.2) is 48.6 Å². The number of hydrogen-bond donors (Lipinski definition) is 0. The summed E-state index contributed by atoms with van der Waals surface area (Å²) in [6.45, 7) is 15.3. The summed E-state index contributed by atoms with van der Waals surface area (Å²) in [6.07, 6.45) is 0. The molecule has 0 radical (unpaired) electrons. The van der Waals surface area contributed by atoms with Gasteiger partial charge in [0.2, 0.25) is 0 Å². The Morgan fingerprint density at radius 1 is 1.14 bits per heavy atom. The quantitative estimate of drug-likeness (QED) is 0.636. The van der Waals surface area contributed by atoms with Crippen LogP contribution in [0.1, 0.15) is 34.6 Å². The van der Waals surface area contributed by atoms with Gasteiger partial charge in [-0.25, -0.2) is 0 Å². The fourth-order valence-corrected chi connectivity index (χ4v) is 2.32. The second-order valence-electron chi connectivity index (χ2n) is 5.98. The fraction of sp³-hybridized carbons (Fsp3) is 1.00. The van der Waals surface area contributed by atoms with Crippen molar-refractivity contribution in [3.63, 3.8) is 0 Å². The molecule has 2 nitrogen and oxygen atoms in total. The van der Waals surface area contributed by atoms with Crippen LogP contribution in [0.4, 0.5) is 0 Å². The van der Waals surface area contributed by atoms with Gasteiger partial charge < -0.3 is 4.90 Å². The lowest BCUT2D eigenvalue weighted by molar-refractivity contribution is 0.00598. The number of hydrogen-bond acceptors (Lipinski definition) is 2. The molecule has 2 heteroatoms. The van der Waals surface area contributed by atoms with Crippen molar-refractivity contribution in [1.29, 1.82) is 0 Å². The second kappa shape index (κ2) is 4.19. The van der Waals surface area contributed by atoms with Crippen molar-refractivity contribution < 1.29 is 0 Å². The minimum absolute atomic E-state index is 0.388. The molecule has 84 valence electrons. The molecule has 14 heavy (non-hydrogen) atoms. The van der Waals surface area contributed by atoms with E-state index < -0.39 is 0 Å². The van der Waals surface area contributed by atoms with Gasteiger partial charge in [0.25, 0.3) is 0 Å². The van der Waals surface area contributed by atoms with Gasteiger partial charge in [-0.1, -0.05) is 20.8 Å². The Morgan fingerprint density at radius 3 is 2.14 bits per heavy atom. The van der Waals surface area contributed by atoms with Crippen LogP contribution in [0.2, 0.25) is 0 Å². The zero-order valence-corrected chi connectivity index (χ0v) is 10.7. The third-order valence-electron chi connectivity index (χ3n) is 3.29. The maximum Gasteiger partial charge on any atom is 0.0274 e. The zero-order chi connectivity index (χ0) is 10.9. The monoisotopic (exact) mass is 198 g/mol. The van der Waals surface area contributed by atoms with E-state index in [0.717, 1.165) is 0 Å². The molecule has 0 unspecified atom stereocenters. The van der Waals surface area contributed by atoms with E-state index in [2.05, 4.69) is 51.5 Å². The molecule has 0 aromatic rings. The lowest BCUT2D eigenvalue weighted by Crippen LogP contribution is -2.58. The summed E-state index contributed by atoms with van der Waals surface area (Å²) in [5.74, 6) is 0. The molecule has 1 atom stereocenters. The van der Waals surface area contributed by atoms with Gasteiger partial charge in [-0.2, -0.15) is 0 Å².